The molecule has 1 atom stereocenters. The van der Waals surface area contributed by atoms with Crippen LogP contribution in [-0.2, 0) is 28.6 Å². The molecule has 0 bridgehead atoms. The van der Waals surface area contributed by atoms with Crippen molar-refractivity contribution in [2.45, 2.75) is 316 Å². The van der Waals surface area contributed by atoms with E-state index in [-0.39, 0.29) is 37.5 Å². The molecule has 0 aromatic carbocycles. The lowest BCUT2D eigenvalue weighted by atomic mass is 10.0. The van der Waals surface area contributed by atoms with Crippen LogP contribution >= 0.6 is 0 Å². The Morgan fingerprint density at radius 1 is 0.263 bits per heavy atom. The van der Waals surface area contributed by atoms with Gasteiger partial charge in [-0.1, -0.05) is 284 Å². The molecule has 0 aliphatic heterocycles. The Labute approximate surface area is 494 Å². The Balaban J connectivity index is 4.48. The van der Waals surface area contributed by atoms with Gasteiger partial charge in [-0.2, -0.15) is 0 Å². The van der Waals surface area contributed by atoms with E-state index in [1.807, 2.05) is 0 Å². The molecule has 0 radical (unpaired) electrons. The highest BCUT2D eigenvalue weighted by atomic mass is 16.6. The molecule has 456 valence electrons. The number of carbonyl (C=O) groups is 3. The number of rotatable bonds is 60. The SMILES string of the molecule is CC/C=C\C/C=C\C/C=C\C/C=C\C/C=C\C/C=C\C/C=C\CCCC(=O)OCC(COC(=O)CCCCCCC/C=C\C/C=C\CCCCCC)OC(=O)CCCCCCCCCCCCC/C=C\CCCCCCCCCC. The summed E-state index contributed by atoms with van der Waals surface area (Å²) in [6, 6.07) is 0. The number of unbranched alkanes of at least 4 members (excludes halogenated alkanes) is 29. The van der Waals surface area contributed by atoms with Crippen LogP contribution in [0, 0.1) is 0 Å². The Bertz CT molecular complexity index is 1650. The maximum Gasteiger partial charge on any atom is 0.306 e. The van der Waals surface area contributed by atoms with E-state index in [1.54, 1.807) is 0 Å². The third-order valence-corrected chi connectivity index (χ3v) is 14.2. The van der Waals surface area contributed by atoms with Crippen LogP contribution in [0.3, 0.4) is 0 Å². The molecule has 0 aliphatic carbocycles. The van der Waals surface area contributed by atoms with Gasteiger partial charge in [0.1, 0.15) is 13.2 Å². The fourth-order valence-electron chi connectivity index (χ4n) is 9.16. The molecule has 80 heavy (non-hydrogen) atoms. The molecule has 6 heteroatoms. The fraction of sp³-hybridized carbons (Fsp3) is 0.689. The average molecular weight is 1110 g/mol. The van der Waals surface area contributed by atoms with E-state index in [4.69, 9.17) is 14.2 Å². The number of ether oxygens (including phenoxy) is 3. The quantitative estimate of drug-likeness (QED) is 0.0261. The Morgan fingerprint density at radius 2 is 0.500 bits per heavy atom. The van der Waals surface area contributed by atoms with Gasteiger partial charge in [0.2, 0.25) is 0 Å². The molecular weight excluding hydrogens is 985 g/mol. The maximum absolute atomic E-state index is 12.9. The highest BCUT2D eigenvalue weighted by molar-refractivity contribution is 5.71. The Morgan fingerprint density at radius 3 is 0.838 bits per heavy atom. The van der Waals surface area contributed by atoms with Crippen molar-refractivity contribution in [3.8, 4) is 0 Å². The second kappa shape index (κ2) is 67.3. The highest BCUT2D eigenvalue weighted by Crippen LogP contribution is 2.16. The summed E-state index contributed by atoms with van der Waals surface area (Å²) in [4.78, 5) is 38.4. The first-order valence-corrected chi connectivity index (χ1v) is 33.5. The van der Waals surface area contributed by atoms with Crippen LogP contribution in [0.15, 0.2) is 122 Å². The van der Waals surface area contributed by atoms with Crippen LogP contribution in [0.25, 0.3) is 0 Å². The number of esters is 3. The summed E-state index contributed by atoms with van der Waals surface area (Å²) in [7, 11) is 0. The van der Waals surface area contributed by atoms with Crippen LogP contribution in [0.5, 0.6) is 0 Å². The summed E-state index contributed by atoms with van der Waals surface area (Å²) >= 11 is 0. The van der Waals surface area contributed by atoms with E-state index < -0.39 is 6.10 Å². The Hall–Kier alpha value is -4.19. The normalized spacial score (nSPS) is 12.9. The van der Waals surface area contributed by atoms with Gasteiger partial charge in [0.25, 0.3) is 0 Å². The Kier molecular flexibility index (Phi) is 63.8. The molecule has 0 fully saturated rings. The third-order valence-electron chi connectivity index (χ3n) is 14.2. The molecule has 0 saturated carbocycles. The van der Waals surface area contributed by atoms with Crippen molar-refractivity contribution in [1.29, 1.82) is 0 Å². The summed E-state index contributed by atoms with van der Waals surface area (Å²) < 4.78 is 16.9. The van der Waals surface area contributed by atoms with E-state index >= 15 is 0 Å². The standard InChI is InChI=1S/C74H124O6/c1-4-7-10-13-16-19-22-25-28-31-33-35-37-39-41-43-46-49-52-55-58-61-64-67-73(76)79-70-71(69-78-72(75)66-63-60-57-54-51-48-45-30-27-24-21-18-15-12-9-6-3)80-74(77)68-65-62-59-56-53-50-47-44-42-40-38-36-34-32-29-26-23-20-17-14-11-8-5-2/h7,10,16,19,21,24-25,28,30,32-35,39,41,45-46,49,55,58,71H,4-6,8-9,11-15,17-18,20,22-23,26-27,29,31,36-38,40,42-44,47-48,50-54,56-57,59-70H2,1-3H3/b10-7-,19-16-,24-21-,28-25-,34-32-,35-33-,41-39-,45-30-,49-46-,58-55-. The van der Waals surface area contributed by atoms with Crippen LogP contribution in [-0.4, -0.2) is 37.2 Å². The molecule has 0 heterocycles. The van der Waals surface area contributed by atoms with Gasteiger partial charge in [-0.15, -0.1) is 0 Å². The van der Waals surface area contributed by atoms with Gasteiger partial charge in [0, 0.05) is 19.3 Å². The van der Waals surface area contributed by atoms with E-state index in [9.17, 15) is 14.4 Å². The first-order valence-electron chi connectivity index (χ1n) is 33.5. The number of allylic oxidation sites excluding steroid dienone is 20. The lowest BCUT2D eigenvalue weighted by Crippen LogP contribution is -2.30. The van der Waals surface area contributed by atoms with Crippen LogP contribution in [0.1, 0.15) is 310 Å². The lowest BCUT2D eigenvalue weighted by molar-refractivity contribution is -0.167. The van der Waals surface area contributed by atoms with Gasteiger partial charge in [-0.25, -0.2) is 0 Å². The van der Waals surface area contributed by atoms with E-state index in [0.717, 1.165) is 116 Å². The van der Waals surface area contributed by atoms with Crippen molar-refractivity contribution in [2.75, 3.05) is 13.2 Å². The van der Waals surface area contributed by atoms with Gasteiger partial charge in [0.05, 0.1) is 0 Å². The van der Waals surface area contributed by atoms with Crippen molar-refractivity contribution < 1.29 is 28.6 Å². The molecule has 0 aliphatic rings. The molecule has 6 nitrogen and oxygen atoms in total. The molecule has 0 N–H and O–H groups in total. The minimum Gasteiger partial charge on any atom is -0.462 e. The number of carbonyl (C=O) groups excluding carboxylic acids is 3. The first-order chi connectivity index (χ1) is 39.5. The van der Waals surface area contributed by atoms with Crippen molar-refractivity contribution in [2.24, 2.45) is 0 Å². The molecular formula is C74H124O6. The number of hydrogen-bond donors (Lipinski definition) is 0. The van der Waals surface area contributed by atoms with Gasteiger partial charge < -0.3 is 14.2 Å². The van der Waals surface area contributed by atoms with Gasteiger partial charge in [-0.3, -0.25) is 14.4 Å². The molecule has 0 aromatic heterocycles. The summed E-state index contributed by atoms with van der Waals surface area (Å²) in [5.74, 6) is -0.973. The summed E-state index contributed by atoms with van der Waals surface area (Å²) in [6.07, 6.45) is 93.6. The monoisotopic (exact) mass is 1110 g/mol. The first kappa shape index (κ1) is 75.8. The predicted molar refractivity (Wildman–Crippen MR) is 348 cm³/mol. The van der Waals surface area contributed by atoms with Crippen molar-refractivity contribution in [3.63, 3.8) is 0 Å². The van der Waals surface area contributed by atoms with E-state index in [0.29, 0.717) is 19.3 Å². The van der Waals surface area contributed by atoms with E-state index in [1.165, 1.54) is 148 Å². The summed E-state index contributed by atoms with van der Waals surface area (Å²) in [6.45, 7) is 6.47. The van der Waals surface area contributed by atoms with E-state index in [2.05, 4.69) is 142 Å². The predicted octanol–water partition coefficient (Wildman–Crippen LogP) is 23.2. The smallest absolute Gasteiger partial charge is 0.306 e. The zero-order chi connectivity index (χ0) is 57.8. The second-order valence-electron chi connectivity index (χ2n) is 22.0. The lowest BCUT2D eigenvalue weighted by Gasteiger charge is -2.18. The van der Waals surface area contributed by atoms with Gasteiger partial charge in [-0.05, 0) is 128 Å². The largest absolute Gasteiger partial charge is 0.462 e. The van der Waals surface area contributed by atoms with Crippen molar-refractivity contribution in [3.05, 3.63) is 122 Å². The van der Waals surface area contributed by atoms with Gasteiger partial charge in [0.15, 0.2) is 6.10 Å². The third kappa shape index (κ3) is 64.6. The topological polar surface area (TPSA) is 78.9 Å². The fourth-order valence-corrected chi connectivity index (χ4v) is 9.16. The molecule has 0 amide bonds. The molecule has 0 spiro atoms. The molecule has 1 unspecified atom stereocenters. The minimum absolute atomic E-state index is 0.105. The van der Waals surface area contributed by atoms with Crippen molar-refractivity contribution >= 4 is 17.9 Å². The zero-order valence-electron chi connectivity index (χ0n) is 52.3. The summed E-state index contributed by atoms with van der Waals surface area (Å²) in [5.41, 5.74) is 0. The summed E-state index contributed by atoms with van der Waals surface area (Å²) in [5, 5.41) is 0. The van der Waals surface area contributed by atoms with Crippen LogP contribution in [0.4, 0.5) is 0 Å². The zero-order valence-corrected chi connectivity index (χ0v) is 52.3. The van der Waals surface area contributed by atoms with Crippen molar-refractivity contribution in [1.82, 2.24) is 0 Å². The maximum atomic E-state index is 12.9. The highest BCUT2D eigenvalue weighted by Gasteiger charge is 2.19. The molecule has 0 saturated heterocycles. The average Bonchev–Trinajstić information content (AvgIpc) is 3.46. The minimum atomic E-state index is -0.813. The van der Waals surface area contributed by atoms with Crippen LogP contribution < -0.4 is 0 Å². The van der Waals surface area contributed by atoms with Gasteiger partial charge >= 0.3 is 17.9 Å². The number of hydrogen-bond acceptors (Lipinski definition) is 6. The molecule has 0 aromatic rings. The van der Waals surface area contributed by atoms with Crippen LogP contribution in [0.2, 0.25) is 0 Å². The second-order valence-corrected chi connectivity index (χ2v) is 22.0. The molecule has 0 rings (SSSR count).